The van der Waals surface area contributed by atoms with Gasteiger partial charge in [0.1, 0.15) is 0 Å². The maximum atomic E-state index is 11.8. The number of fused-ring (bicyclic) bond motifs is 1. The smallest absolute Gasteiger partial charge is 0.274 e. The van der Waals surface area contributed by atoms with E-state index in [2.05, 4.69) is 15.1 Å². The summed E-state index contributed by atoms with van der Waals surface area (Å²) < 4.78 is 1.18. The highest BCUT2D eigenvalue weighted by molar-refractivity contribution is 6.32. The first-order chi connectivity index (χ1) is 9.45. The van der Waals surface area contributed by atoms with Crippen molar-refractivity contribution in [1.82, 2.24) is 19.6 Å². The first-order valence-corrected chi connectivity index (χ1v) is 6.02. The number of hydrogen-bond acceptors (Lipinski definition) is 5. The van der Waals surface area contributed by atoms with Crippen LogP contribution in [-0.4, -0.2) is 29.8 Å². The van der Waals surface area contributed by atoms with Crippen molar-refractivity contribution in [2.45, 2.75) is 6.92 Å². The van der Waals surface area contributed by atoms with Gasteiger partial charge in [0.2, 0.25) is 0 Å². The van der Waals surface area contributed by atoms with Gasteiger partial charge in [-0.05, 0) is 19.1 Å². The Morgan fingerprint density at radius 1 is 1.25 bits per heavy atom. The van der Waals surface area contributed by atoms with Crippen molar-refractivity contribution >= 4 is 17.4 Å². The van der Waals surface area contributed by atoms with Crippen LogP contribution in [0.25, 0.3) is 17.2 Å². The summed E-state index contributed by atoms with van der Waals surface area (Å²) in [5.41, 5.74) is 0.688. The molecule has 0 amide bonds. The number of nitrogens with one attached hydrogen (secondary N) is 1. The third-order valence-corrected chi connectivity index (χ3v) is 3.06. The molecule has 20 heavy (non-hydrogen) atoms. The lowest BCUT2D eigenvalue weighted by Crippen LogP contribution is -2.14. The molecule has 2 aromatic heterocycles. The van der Waals surface area contributed by atoms with Gasteiger partial charge in [0, 0.05) is 17.3 Å². The number of halogens is 1. The van der Waals surface area contributed by atoms with Gasteiger partial charge in [-0.25, -0.2) is 4.98 Å². The number of aromatic amines is 1. The van der Waals surface area contributed by atoms with Crippen molar-refractivity contribution < 1.29 is 10.2 Å². The number of rotatable bonds is 1. The third kappa shape index (κ3) is 1.88. The van der Waals surface area contributed by atoms with Gasteiger partial charge in [-0.2, -0.15) is 9.50 Å². The number of benzene rings is 1. The zero-order valence-corrected chi connectivity index (χ0v) is 11.0. The summed E-state index contributed by atoms with van der Waals surface area (Å²) in [4.78, 5) is 20.1. The van der Waals surface area contributed by atoms with Crippen molar-refractivity contribution in [3.8, 4) is 22.9 Å². The highest BCUT2D eigenvalue weighted by Crippen LogP contribution is 2.36. The van der Waals surface area contributed by atoms with Crippen LogP contribution in [0.1, 0.15) is 5.69 Å². The fourth-order valence-corrected chi connectivity index (χ4v) is 2.06. The van der Waals surface area contributed by atoms with Crippen molar-refractivity contribution in [1.29, 1.82) is 0 Å². The molecule has 102 valence electrons. The highest BCUT2D eigenvalue weighted by atomic mass is 35.5. The van der Waals surface area contributed by atoms with E-state index in [9.17, 15) is 15.0 Å². The summed E-state index contributed by atoms with van der Waals surface area (Å²) >= 11 is 5.79. The lowest BCUT2D eigenvalue weighted by molar-refractivity contribution is 0.404. The Morgan fingerprint density at radius 3 is 2.70 bits per heavy atom. The quantitative estimate of drug-likeness (QED) is 0.589. The Balaban J connectivity index is 2.25. The second kappa shape index (κ2) is 4.24. The molecule has 0 aliphatic carbocycles. The van der Waals surface area contributed by atoms with Crippen LogP contribution in [0.2, 0.25) is 5.02 Å². The molecule has 3 aromatic rings. The van der Waals surface area contributed by atoms with E-state index in [1.54, 1.807) is 6.92 Å². The van der Waals surface area contributed by atoms with Crippen molar-refractivity contribution in [3.63, 3.8) is 0 Å². The molecular weight excluding hydrogens is 284 g/mol. The van der Waals surface area contributed by atoms with E-state index in [-0.39, 0.29) is 22.1 Å². The number of aromatic nitrogens is 4. The summed E-state index contributed by atoms with van der Waals surface area (Å²) in [5.74, 6) is -0.256. The number of aromatic hydroxyl groups is 2. The summed E-state index contributed by atoms with van der Waals surface area (Å²) in [7, 11) is 0. The Labute approximate surface area is 117 Å². The van der Waals surface area contributed by atoms with Crippen LogP contribution >= 0.6 is 11.6 Å². The Hall–Kier alpha value is -2.54. The molecule has 0 atom stereocenters. The zero-order valence-electron chi connectivity index (χ0n) is 10.3. The number of phenolic OH excluding ortho intramolecular Hbond substituents is 2. The van der Waals surface area contributed by atoms with Crippen LogP contribution in [0.15, 0.2) is 23.0 Å². The molecule has 0 saturated heterocycles. The van der Waals surface area contributed by atoms with E-state index >= 15 is 0 Å². The fourth-order valence-electron chi connectivity index (χ4n) is 1.84. The number of nitrogens with zero attached hydrogens (tertiary/aromatic N) is 3. The largest absolute Gasteiger partial charge is 0.504 e. The molecule has 0 aliphatic rings. The second-order valence-electron chi connectivity index (χ2n) is 4.27. The van der Waals surface area contributed by atoms with Crippen molar-refractivity contribution in [2.75, 3.05) is 0 Å². The molecule has 8 heteroatoms. The molecule has 1 aromatic carbocycles. The topological polar surface area (TPSA) is 104 Å². The molecule has 0 radical (unpaired) electrons. The molecule has 0 bridgehead atoms. The number of aryl methyl sites for hydroxylation is 1. The lowest BCUT2D eigenvalue weighted by atomic mass is 10.2. The minimum atomic E-state index is -0.405. The van der Waals surface area contributed by atoms with Gasteiger partial charge in [-0.15, -0.1) is 0 Å². The van der Waals surface area contributed by atoms with Gasteiger partial charge >= 0.3 is 0 Å². The molecule has 2 heterocycles. The summed E-state index contributed by atoms with van der Waals surface area (Å²) in [5, 5.41) is 21.7. The molecule has 3 N–H and O–H groups in total. The van der Waals surface area contributed by atoms with Crippen LogP contribution in [0.4, 0.5) is 0 Å². The molecule has 0 fully saturated rings. The predicted molar refractivity (Wildman–Crippen MR) is 72.1 cm³/mol. The molecule has 3 rings (SSSR count). The van der Waals surface area contributed by atoms with Gasteiger partial charge in [-0.3, -0.25) is 9.89 Å². The normalized spacial score (nSPS) is 11.1. The van der Waals surface area contributed by atoms with Crippen LogP contribution in [0.3, 0.4) is 0 Å². The molecule has 0 saturated carbocycles. The highest BCUT2D eigenvalue weighted by Gasteiger charge is 2.13. The van der Waals surface area contributed by atoms with Crippen LogP contribution in [-0.2, 0) is 0 Å². The Bertz CT molecular complexity index is 861. The maximum Gasteiger partial charge on any atom is 0.274 e. The van der Waals surface area contributed by atoms with Crippen LogP contribution in [0.5, 0.6) is 11.5 Å². The van der Waals surface area contributed by atoms with Gasteiger partial charge in [-0.1, -0.05) is 11.6 Å². The second-order valence-corrected chi connectivity index (χ2v) is 4.68. The van der Waals surface area contributed by atoms with E-state index in [1.165, 1.54) is 22.7 Å². The third-order valence-electron chi connectivity index (χ3n) is 2.78. The van der Waals surface area contributed by atoms with Crippen LogP contribution < -0.4 is 5.56 Å². The molecule has 0 aliphatic heterocycles. The van der Waals surface area contributed by atoms with E-state index in [4.69, 9.17) is 11.6 Å². The standard InChI is InChI=1S/C12H9ClN4O3/c1-5-2-9(19)17-12(14-5)15-11(16-17)6-3-7(13)10(20)8(18)4-6/h2-4,18,20H,1H3,(H,14,15,16). The number of phenols is 2. The first kappa shape index (κ1) is 12.5. The van der Waals surface area contributed by atoms with Gasteiger partial charge < -0.3 is 10.2 Å². The van der Waals surface area contributed by atoms with E-state index in [0.717, 1.165) is 0 Å². The molecule has 7 nitrogen and oxygen atoms in total. The summed E-state index contributed by atoms with van der Waals surface area (Å²) in [6, 6.07) is 4.08. The average Bonchev–Trinajstić information content (AvgIpc) is 2.79. The SMILES string of the molecule is Cc1cc(=O)n2[nH]c(-c3cc(O)c(O)c(Cl)c3)nc2n1. The first-order valence-electron chi connectivity index (χ1n) is 5.64. The number of hydrogen-bond donors (Lipinski definition) is 3. The minimum Gasteiger partial charge on any atom is -0.504 e. The number of H-pyrrole nitrogens is 1. The van der Waals surface area contributed by atoms with Crippen molar-refractivity contribution in [2.24, 2.45) is 0 Å². The summed E-state index contributed by atoms with van der Waals surface area (Å²) in [6.45, 7) is 1.69. The molecule has 0 unspecified atom stereocenters. The fraction of sp³-hybridized carbons (Fsp3) is 0.0833. The monoisotopic (exact) mass is 292 g/mol. The van der Waals surface area contributed by atoms with E-state index in [1.807, 2.05) is 0 Å². The molecule has 0 spiro atoms. The zero-order chi connectivity index (χ0) is 14.4. The van der Waals surface area contributed by atoms with E-state index in [0.29, 0.717) is 17.1 Å². The summed E-state index contributed by atoms with van der Waals surface area (Å²) in [6.07, 6.45) is 0. The van der Waals surface area contributed by atoms with Gasteiger partial charge in [0.15, 0.2) is 17.3 Å². The van der Waals surface area contributed by atoms with Crippen molar-refractivity contribution in [3.05, 3.63) is 39.3 Å². The van der Waals surface area contributed by atoms with E-state index < -0.39 is 5.75 Å². The Morgan fingerprint density at radius 2 is 2.00 bits per heavy atom. The minimum absolute atomic E-state index is 0.0167. The Kier molecular flexibility index (Phi) is 2.65. The average molecular weight is 293 g/mol. The predicted octanol–water partition coefficient (Wildman–Crippen LogP) is 1.46. The molecular formula is C12H9ClN4O3. The van der Waals surface area contributed by atoms with Gasteiger partial charge in [0.25, 0.3) is 11.3 Å². The van der Waals surface area contributed by atoms with Crippen LogP contribution in [0, 0.1) is 6.92 Å². The lowest BCUT2D eigenvalue weighted by Gasteiger charge is -2.02. The van der Waals surface area contributed by atoms with Gasteiger partial charge in [0.05, 0.1) is 5.02 Å². The maximum absolute atomic E-state index is 11.8.